The minimum atomic E-state index is -0.205. The predicted octanol–water partition coefficient (Wildman–Crippen LogP) is 4.79. The Labute approximate surface area is 120 Å². The molecule has 2 aromatic carbocycles. The number of para-hydroxylation sites is 1. The van der Waals surface area contributed by atoms with E-state index < -0.39 is 0 Å². The molecule has 0 atom stereocenters. The predicted molar refractivity (Wildman–Crippen MR) is 81.6 cm³/mol. The van der Waals surface area contributed by atoms with Crippen LogP contribution in [0.15, 0.2) is 48.5 Å². The lowest BCUT2D eigenvalue weighted by atomic mass is 10.0. The summed E-state index contributed by atoms with van der Waals surface area (Å²) in [7, 11) is 0. The highest BCUT2D eigenvalue weighted by Gasteiger charge is 2.18. The van der Waals surface area contributed by atoms with Crippen molar-refractivity contribution in [3.05, 3.63) is 54.1 Å². The molecule has 0 aliphatic rings. The van der Waals surface area contributed by atoms with Crippen LogP contribution in [0.25, 0.3) is 11.1 Å². The smallest absolute Gasteiger partial charge is 0.127 e. The molecule has 0 saturated heterocycles. The molecular weight excluding hydrogens is 246 g/mol. The molecule has 102 valence electrons. The van der Waals surface area contributed by atoms with Crippen molar-refractivity contribution in [1.29, 1.82) is 5.26 Å². The Bertz CT molecular complexity index is 638. The van der Waals surface area contributed by atoms with E-state index in [4.69, 9.17) is 10.00 Å². The van der Waals surface area contributed by atoms with E-state index in [1.807, 2.05) is 48.5 Å². The molecule has 2 nitrogen and oxygen atoms in total. The van der Waals surface area contributed by atoms with Crippen LogP contribution in [0.2, 0.25) is 0 Å². The van der Waals surface area contributed by atoms with E-state index in [1.165, 1.54) is 0 Å². The first-order chi connectivity index (χ1) is 9.55. The monoisotopic (exact) mass is 265 g/mol. The molecule has 0 bridgehead atoms. The topological polar surface area (TPSA) is 33.0 Å². The first-order valence-corrected chi connectivity index (χ1v) is 6.84. The Balaban J connectivity index is 2.44. The average molecular weight is 265 g/mol. The van der Waals surface area contributed by atoms with Gasteiger partial charge in [-0.3, -0.25) is 0 Å². The van der Waals surface area contributed by atoms with Crippen LogP contribution < -0.4 is 4.74 Å². The van der Waals surface area contributed by atoms with Crippen LogP contribution in [-0.4, -0.2) is 5.60 Å². The summed E-state index contributed by atoms with van der Waals surface area (Å²) in [5.74, 6) is 0.856. The van der Waals surface area contributed by atoms with Gasteiger partial charge in [0.05, 0.1) is 11.6 Å². The lowest BCUT2D eigenvalue weighted by Crippen LogP contribution is -2.27. The summed E-state index contributed by atoms with van der Waals surface area (Å²) < 4.78 is 6.13. The van der Waals surface area contributed by atoms with Gasteiger partial charge in [0.25, 0.3) is 0 Å². The largest absolute Gasteiger partial charge is 0.487 e. The lowest BCUT2D eigenvalue weighted by molar-refractivity contribution is 0.106. The summed E-state index contributed by atoms with van der Waals surface area (Å²) >= 11 is 0. The van der Waals surface area contributed by atoms with E-state index in [-0.39, 0.29) is 5.60 Å². The highest BCUT2D eigenvalue weighted by atomic mass is 16.5. The second-order valence-electron chi connectivity index (χ2n) is 5.40. The molecule has 0 amide bonds. The summed E-state index contributed by atoms with van der Waals surface area (Å²) in [6.45, 7) is 6.27. The molecule has 20 heavy (non-hydrogen) atoms. The van der Waals surface area contributed by atoms with Gasteiger partial charge in [-0.25, -0.2) is 0 Å². The van der Waals surface area contributed by atoms with E-state index in [0.29, 0.717) is 5.56 Å². The van der Waals surface area contributed by atoms with Crippen molar-refractivity contribution in [2.24, 2.45) is 0 Å². The minimum absolute atomic E-state index is 0.205. The summed E-state index contributed by atoms with van der Waals surface area (Å²) in [5, 5.41) is 9.02. The van der Waals surface area contributed by atoms with Gasteiger partial charge in [-0.15, -0.1) is 0 Å². The second-order valence-corrected chi connectivity index (χ2v) is 5.40. The molecule has 0 saturated carbocycles. The molecule has 2 aromatic rings. The molecule has 0 heterocycles. The first-order valence-electron chi connectivity index (χ1n) is 6.84. The van der Waals surface area contributed by atoms with Crippen molar-refractivity contribution in [2.45, 2.75) is 32.8 Å². The van der Waals surface area contributed by atoms with E-state index in [2.05, 4.69) is 26.8 Å². The number of ether oxygens (including phenoxy) is 1. The normalized spacial score (nSPS) is 10.9. The summed E-state index contributed by atoms with van der Waals surface area (Å²) in [6, 6.07) is 17.7. The molecule has 0 aliphatic heterocycles. The van der Waals surface area contributed by atoms with E-state index >= 15 is 0 Å². The van der Waals surface area contributed by atoms with Crippen molar-refractivity contribution in [1.82, 2.24) is 0 Å². The van der Waals surface area contributed by atoms with Crippen molar-refractivity contribution in [3.63, 3.8) is 0 Å². The quantitative estimate of drug-likeness (QED) is 0.796. The van der Waals surface area contributed by atoms with Gasteiger partial charge in [0.15, 0.2) is 0 Å². The lowest BCUT2D eigenvalue weighted by Gasteiger charge is -2.26. The number of hydrogen-bond acceptors (Lipinski definition) is 2. The van der Waals surface area contributed by atoms with Crippen LogP contribution >= 0.6 is 0 Å². The highest BCUT2D eigenvalue weighted by molar-refractivity contribution is 5.71. The Morgan fingerprint density at radius 1 is 1.10 bits per heavy atom. The molecular formula is C18H19NO. The number of hydrogen-bond donors (Lipinski definition) is 0. The fraction of sp³-hybridized carbons (Fsp3) is 0.278. The molecule has 0 N–H and O–H groups in total. The van der Waals surface area contributed by atoms with Gasteiger partial charge in [0.1, 0.15) is 11.4 Å². The van der Waals surface area contributed by atoms with Gasteiger partial charge in [0.2, 0.25) is 0 Å². The zero-order valence-corrected chi connectivity index (χ0v) is 12.2. The summed E-state index contributed by atoms with van der Waals surface area (Å²) in [4.78, 5) is 0. The average Bonchev–Trinajstić information content (AvgIpc) is 2.47. The second kappa shape index (κ2) is 5.79. The molecule has 0 radical (unpaired) electrons. The molecule has 2 heteroatoms. The van der Waals surface area contributed by atoms with Crippen molar-refractivity contribution < 1.29 is 4.74 Å². The van der Waals surface area contributed by atoms with E-state index in [0.717, 1.165) is 23.3 Å². The Morgan fingerprint density at radius 3 is 2.55 bits per heavy atom. The summed E-state index contributed by atoms with van der Waals surface area (Å²) in [6.07, 6.45) is 0.930. The SMILES string of the molecule is CCC(C)(C)Oc1ccccc1-c1cccc(C#N)c1. The number of rotatable bonds is 4. The molecule has 0 fully saturated rings. The first kappa shape index (κ1) is 14.1. The zero-order valence-electron chi connectivity index (χ0n) is 12.2. The maximum Gasteiger partial charge on any atom is 0.127 e. The van der Waals surface area contributed by atoms with Gasteiger partial charge in [-0.05, 0) is 44.0 Å². The highest BCUT2D eigenvalue weighted by Crippen LogP contribution is 2.33. The fourth-order valence-electron chi connectivity index (χ4n) is 1.92. The summed E-state index contributed by atoms with van der Waals surface area (Å²) in [5.41, 5.74) is 2.48. The molecule has 0 unspecified atom stereocenters. The van der Waals surface area contributed by atoms with Crippen molar-refractivity contribution in [2.75, 3.05) is 0 Å². The third-order valence-electron chi connectivity index (χ3n) is 3.43. The molecule has 2 rings (SSSR count). The minimum Gasteiger partial charge on any atom is -0.487 e. The van der Waals surface area contributed by atoms with Gasteiger partial charge >= 0.3 is 0 Å². The number of nitrogens with zero attached hydrogens (tertiary/aromatic N) is 1. The van der Waals surface area contributed by atoms with Gasteiger partial charge in [-0.1, -0.05) is 37.3 Å². The fourth-order valence-corrected chi connectivity index (χ4v) is 1.92. The standard InChI is InChI=1S/C18H19NO/c1-4-18(2,3)20-17-11-6-5-10-16(17)15-9-7-8-14(12-15)13-19/h5-12H,4H2,1-3H3. The molecule has 0 spiro atoms. The Kier molecular flexibility index (Phi) is 4.10. The van der Waals surface area contributed by atoms with Crippen LogP contribution in [0.3, 0.4) is 0 Å². The van der Waals surface area contributed by atoms with Crippen molar-refractivity contribution in [3.8, 4) is 22.9 Å². The van der Waals surface area contributed by atoms with E-state index in [1.54, 1.807) is 0 Å². The Morgan fingerprint density at radius 2 is 1.85 bits per heavy atom. The van der Waals surface area contributed by atoms with Gasteiger partial charge in [0, 0.05) is 5.56 Å². The molecule has 0 aliphatic carbocycles. The Hall–Kier alpha value is -2.27. The van der Waals surface area contributed by atoms with Crippen molar-refractivity contribution >= 4 is 0 Å². The van der Waals surface area contributed by atoms with Crippen LogP contribution in [-0.2, 0) is 0 Å². The zero-order chi connectivity index (χ0) is 14.6. The van der Waals surface area contributed by atoms with Gasteiger partial charge in [-0.2, -0.15) is 5.26 Å². The molecule has 0 aromatic heterocycles. The van der Waals surface area contributed by atoms with Gasteiger partial charge < -0.3 is 4.74 Å². The third-order valence-corrected chi connectivity index (χ3v) is 3.43. The maximum absolute atomic E-state index is 9.02. The van der Waals surface area contributed by atoms with Crippen LogP contribution in [0, 0.1) is 11.3 Å². The van der Waals surface area contributed by atoms with E-state index in [9.17, 15) is 0 Å². The number of benzene rings is 2. The maximum atomic E-state index is 9.02. The van der Waals surface area contributed by atoms with Crippen LogP contribution in [0.1, 0.15) is 32.8 Å². The van der Waals surface area contributed by atoms with Crippen LogP contribution in [0.5, 0.6) is 5.75 Å². The third kappa shape index (κ3) is 3.19. The van der Waals surface area contributed by atoms with Crippen LogP contribution in [0.4, 0.5) is 0 Å². The number of nitriles is 1.